The van der Waals surface area contributed by atoms with Crippen LogP contribution in [0, 0.1) is 0 Å². The Kier molecular flexibility index (Phi) is 4.10. The van der Waals surface area contributed by atoms with E-state index in [1.54, 1.807) is 24.3 Å². The van der Waals surface area contributed by atoms with Gasteiger partial charge in [-0.3, -0.25) is 14.7 Å². The number of benzene rings is 1. The van der Waals surface area contributed by atoms with Crippen LogP contribution in [0.1, 0.15) is 13.3 Å². The molecule has 0 spiro atoms. The maximum Gasteiger partial charge on any atom is 0.247 e. The van der Waals surface area contributed by atoms with E-state index < -0.39 is 5.25 Å². The van der Waals surface area contributed by atoms with E-state index in [9.17, 15) is 9.59 Å². The molecule has 7 nitrogen and oxygen atoms in total. The summed E-state index contributed by atoms with van der Waals surface area (Å²) < 4.78 is 5.36. The van der Waals surface area contributed by atoms with Gasteiger partial charge in [-0.25, -0.2) is 9.88 Å². The summed E-state index contributed by atoms with van der Waals surface area (Å²) in [6, 6.07) is 6.91. The minimum absolute atomic E-state index is 0.150. The van der Waals surface area contributed by atoms with E-state index in [0.717, 1.165) is 0 Å². The van der Waals surface area contributed by atoms with Crippen molar-refractivity contribution in [1.82, 2.24) is 15.2 Å². The molecule has 1 aliphatic heterocycles. The minimum atomic E-state index is -0.480. The summed E-state index contributed by atoms with van der Waals surface area (Å²) in [5, 5.41) is 6.46. The first-order chi connectivity index (χ1) is 10.7. The van der Waals surface area contributed by atoms with Crippen LogP contribution in [0.25, 0.3) is 0 Å². The number of nitrogens with one attached hydrogen (secondary N) is 1. The topological polar surface area (TPSA) is 88.2 Å². The standard InChI is InChI=1S/C14H14N4O3S/c1-2-21-10-5-3-9(4-6-10)18-12(19)7-11(13(18)20)22-14-15-8-16-17-14/h3-6,8,11H,2,7H2,1H3,(H,15,16,17)/t11-/m0/s1. The predicted molar refractivity (Wildman–Crippen MR) is 80.7 cm³/mol. The van der Waals surface area contributed by atoms with Crippen molar-refractivity contribution in [2.24, 2.45) is 0 Å². The largest absolute Gasteiger partial charge is 0.494 e. The number of carbonyl (C=O) groups excluding carboxylic acids is 2. The van der Waals surface area contributed by atoms with E-state index in [2.05, 4.69) is 15.2 Å². The van der Waals surface area contributed by atoms with Crippen LogP contribution in [0.4, 0.5) is 5.69 Å². The highest BCUT2D eigenvalue weighted by molar-refractivity contribution is 8.00. The van der Waals surface area contributed by atoms with Crippen LogP contribution in [0.3, 0.4) is 0 Å². The molecule has 1 atom stereocenters. The number of imide groups is 1. The Morgan fingerprint density at radius 2 is 2.14 bits per heavy atom. The van der Waals surface area contributed by atoms with Crippen LogP contribution in [0.5, 0.6) is 5.75 Å². The molecule has 0 radical (unpaired) electrons. The van der Waals surface area contributed by atoms with Gasteiger partial charge in [0, 0.05) is 6.42 Å². The summed E-state index contributed by atoms with van der Waals surface area (Å²) >= 11 is 1.21. The zero-order chi connectivity index (χ0) is 15.5. The van der Waals surface area contributed by atoms with Crippen molar-refractivity contribution in [3.8, 4) is 5.75 Å². The summed E-state index contributed by atoms with van der Waals surface area (Å²) in [5.41, 5.74) is 0.555. The second-order valence-corrected chi connectivity index (χ2v) is 5.79. The Balaban J connectivity index is 1.76. The zero-order valence-electron chi connectivity index (χ0n) is 11.9. The first-order valence-corrected chi connectivity index (χ1v) is 7.68. The molecule has 1 aromatic carbocycles. The van der Waals surface area contributed by atoms with Crippen molar-refractivity contribution in [3.05, 3.63) is 30.6 Å². The molecule has 3 rings (SSSR count). The fourth-order valence-corrected chi connectivity index (χ4v) is 3.13. The van der Waals surface area contributed by atoms with Crippen molar-refractivity contribution in [2.75, 3.05) is 11.5 Å². The maximum atomic E-state index is 12.4. The van der Waals surface area contributed by atoms with Crippen LogP contribution >= 0.6 is 11.8 Å². The average Bonchev–Trinajstić information content (AvgIpc) is 3.10. The molecule has 0 bridgehead atoms. The van der Waals surface area contributed by atoms with Crippen LogP contribution in [0.15, 0.2) is 35.7 Å². The highest BCUT2D eigenvalue weighted by Gasteiger charge is 2.40. The number of rotatable bonds is 5. The lowest BCUT2D eigenvalue weighted by Crippen LogP contribution is -2.31. The van der Waals surface area contributed by atoms with E-state index >= 15 is 0 Å². The molecule has 1 aliphatic rings. The van der Waals surface area contributed by atoms with Crippen molar-refractivity contribution in [3.63, 3.8) is 0 Å². The number of carbonyl (C=O) groups is 2. The quantitative estimate of drug-likeness (QED) is 0.843. The zero-order valence-corrected chi connectivity index (χ0v) is 12.7. The summed E-state index contributed by atoms with van der Waals surface area (Å²) in [4.78, 5) is 29.8. The Morgan fingerprint density at radius 1 is 1.36 bits per heavy atom. The molecule has 1 saturated heterocycles. The van der Waals surface area contributed by atoms with Crippen LogP contribution in [0.2, 0.25) is 0 Å². The number of hydrogen-bond acceptors (Lipinski definition) is 6. The van der Waals surface area contributed by atoms with Crippen LogP contribution < -0.4 is 9.64 Å². The molecule has 0 unspecified atom stereocenters. The monoisotopic (exact) mass is 318 g/mol. The van der Waals surface area contributed by atoms with Gasteiger partial charge in [0.1, 0.15) is 17.3 Å². The molecule has 1 aromatic heterocycles. The number of aromatic nitrogens is 3. The molecule has 0 aliphatic carbocycles. The molecule has 2 heterocycles. The third-order valence-corrected chi connectivity index (χ3v) is 4.23. The Morgan fingerprint density at radius 3 is 2.77 bits per heavy atom. The van der Waals surface area contributed by atoms with Gasteiger partial charge in [-0.2, -0.15) is 5.10 Å². The van der Waals surface area contributed by atoms with E-state index in [1.165, 1.54) is 23.0 Å². The molecular weight excluding hydrogens is 304 g/mol. The molecule has 8 heteroatoms. The maximum absolute atomic E-state index is 12.4. The number of aromatic amines is 1. The lowest BCUT2D eigenvalue weighted by atomic mass is 10.3. The lowest BCUT2D eigenvalue weighted by Gasteiger charge is -2.15. The van der Waals surface area contributed by atoms with Gasteiger partial charge in [0.15, 0.2) is 5.16 Å². The van der Waals surface area contributed by atoms with Gasteiger partial charge in [-0.05, 0) is 31.2 Å². The van der Waals surface area contributed by atoms with E-state index in [4.69, 9.17) is 4.74 Å². The molecule has 22 heavy (non-hydrogen) atoms. The number of thioether (sulfide) groups is 1. The van der Waals surface area contributed by atoms with Gasteiger partial charge >= 0.3 is 0 Å². The van der Waals surface area contributed by atoms with Gasteiger partial charge in [0.25, 0.3) is 0 Å². The van der Waals surface area contributed by atoms with Gasteiger partial charge in [0.2, 0.25) is 11.8 Å². The smallest absolute Gasteiger partial charge is 0.247 e. The van der Waals surface area contributed by atoms with Gasteiger partial charge in [-0.15, -0.1) is 0 Å². The average molecular weight is 318 g/mol. The number of ether oxygens (including phenoxy) is 1. The highest BCUT2D eigenvalue weighted by atomic mass is 32.2. The van der Waals surface area contributed by atoms with Gasteiger partial charge in [0.05, 0.1) is 12.3 Å². The first-order valence-electron chi connectivity index (χ1n) is 6.80. The van der Waals surface area contributed by atoms with Crippen molar-refractivity contribution in [1.29, 1.82) is 0 Å². The number of nitrogens with zero attached hydrogens (tertiary/aromatic N) is 3. The first kappa shape index (κ1) is 14.6. The Bertz CT molecular complexity index is 672. The molecule has 0 saturated carbocycles. The van der Waals surface area contributed by atoms with Crippen molar-refractivity contribution < 1.29 is 14.3 Å². The molecule has 114 valence electrons. The van der Waals surface area contributed by atoms with Crippen LogP contribution in [-0.4, -0.2) is 38.9 Å². The molecule has 2 amide bonds. The third-order valence-electron chi connectivity index (χ3n) is 3.16. The van der Waals surface area contributed by atoms with Crippen molar-refractivity contribution >= 4 is 29.3 Å². The highest BCUT2D eigenvalue weighted by Crippen LogP contribution is 2.32. The normalized spacial score (nSPS) is 18.0. The van der Waals surface area contributed by atoms with E-state index in [-0.39, 0.29) is 18.2 Å². The third kappa shape index (κ3) is 2.82. The summed E-state index contributed by atoms with van der Waals surface area (Å²) in [6.07, 6.45) is 1.52. The van der Waals surface area contributed by atoms with Gasteiger partial charge in [-0.1, -0.05) is 11.8 Å². The van der Waals surface area contributed by atoms with Crippen molar-refractivity contribution in [2.45, 2.75) is 23.8 Å². The van der Waals surface area contributed by atoms with Crippen LogP contribution in [-0.2, 0) is 9.59 Å². The molecule has 1 fully saturated rings. The second kappa shape index (κ2) is 6.18. The van der Waals surface area contributed by atoms with E-state index in [0.29, 0.717) is 23.2 Å². The van der Waals surface area contributed by atoms with E-state index in [1.807, 2.05) is 6.92 Å². The molecular formula is C14H14N4O3S. The number of hydrogen-bond donors (Lipinski definition) is 1. The predicted octanol–water partition coefficient (Wildman–Crippen LogP) is 1.63. The number of anilines is 1. The number of amides is 2. The molecule has 2 aromatic rings. The number of H-pyrrole nitrogens is 1. The Labute approximate surface area is 131 Å². The van der Waals surface area contributed by atoms with Gasteiger partial charge < -0.3 is 4.74 Å². The fourth-order valence-electron chi connectivity index (χ4n) is 2.21. The Hall–Kier alpha value is -2.35. The minimum Gasteiger partial charge on any atom is -0.494 e. The molecule has 1 N–H and O–H groups in total. The summed E-state index contributed by atoms with van der Waals surface area (Å²) in [6.45, 7) is 2.46. The summed E-state index contributed by atoms with van der Waals surface area (Å²) in [7, 11) is 0. The SMILES string of the molecule is CCOc1ccc(N2C(=O)C[C@H](Sc3ncn[nH]3)C2=O)cc1. The fraction of sp³-hybridized carbons (Fsp3) is 0.286. The second-order valence-electron chi connectivity index (χ2n) is 4.60. The lowest BCUT2D eigenvalue weighted by molar-refractivity contribution is -0.121. The summed E-state index contributed by atoms with van der Waals surface area (Å²) in [5.74, 6) is 0.250.